The zero-order valence-electron chi connectivity index (χ0n) is 12.8. The standard InChI is InChI=1S/C16H19N3O3/c1-11-13(9-19(3)18-11)14(20)17-10-16(2,15(21)22)12-7-5-4-6-8-12/h4-9H,10H2,1-3H3,(H,17,20)(H,21,22). The van der Waals surface area contributed by atoms with E-state index in [-0.39, 0.29) is 12.5 Å². The van der Waals surface area contributed by atoms with E-state index >= 15 is 0 Å². The number of aliphatic carboxylic acids is 1. The lowest BCUT2D eigenvalue weighted by atomic mass is 9.82. The van der Waals surface area contributed by atoms with Gasteiger partial charge in [0.2, 0.25) is 0 Å². The summed E-state index contributed by atoms with van der Waals surface area (Å²) >= 11 is 0. The van der Waals surface area contributed by atoms with Crippen LogP contribution in [-0.4, -0.2) is 33.3 Å². The number of carboxylic acids is 1. The summed E-state index contributed by atoms with van der Waals surface area (Å²) in [5.41, 5.74) is 0.512. The number of rotatable bonds is 5. The largest absolute Gasteiger partial charge is 0.481 e. The van der Waals surface area contributed by atoms with Crippen LogP contribution in [0.3, 0.4) is 0 Å². The molecule has 116 valence electrons. The quantitative estimate of drug-likeness (QED) is 0.876. The molecule has 22 heavy (non-hydrogen) atoms. The molecule has 0 saturated carbocycles. The lowest BCUT2D eigenvalue weighted by molar-refractivity contribution is -0.142. The number of carboxylic acid groups (broad SMARTS) is 1. The normalized spacial score (nSPS) is 13.4. The fraction of sp³-hybridized carbons (Fsp3) is 0.312. The Morgan fingerprint density at radius 3 is 2.45 bits per heavy atom. The Hall–Kier alpha value is -2.63. The Bertz CT molecular complexity index is 694. The molecule has 0 aliphatic rings. The van der Waals surface area contributed by atoms with Gasteiger partial charge in [0.25, 0.3) is 5.91 Å². The van der Waals surface area contributed by atoms with Crippen LogP contribution < -0.4 is 5.32 Å². The topological polar surface area (TPSA) is 84.2 Å². The predicted molar refractivity (Wildman–Crippen MR) is 81.7 cm³/mol. The van der Waals surface area contributed by atoms with Gasteiger partial charge in [-0.05, 0) is 19.4 Å². The third-order valence-corrected chi connectivity index (χ3v) is 3.74. The molecule has 2 aromatic rings. The highest BCUT2D eigenvalue weighted by Crippen LogP contribution is 2.23. The Morgan fingerprint density at radius 2 is 1.95 bits per heavy atom. The van der Waals surface area contributed by atoms with E-state index in [1.54, 1.807) is 56.0 Å². The number of hydrogen-bond donors (Lipinski definition) is 2. The summed E-state index contributed by atoms with van der Waals surface area (Å²) in [6.45, 7) is 3.34. The smallest absolute Gasteiger partial charge is 0.315 e. The molecule has 0 spiro atoms. The van der Waals surface area contributed by atoms with Crippen molar-refractivity contribution in [3.63, 3.8) is 0 Å². The molecule has 0 fully saturated rings. The number of hydrogen-bond acceptors (Lipinski definition) is 3. The summed E-state index contributed by atoms with van der Waals surface area (Å²) in [5.74, 6) is -1.31. The van der Waals surface area contributed by atoms with Gasteiger partial charge in [0, 0.05) is 19.8 Å². The second kappa shape index (κ2) is 6.01. The zero-order valence-corrected chi connectivity index (χ0v) is 12.8. The van der Waals surface area contributed by atoms with Gasteiger partial charge in [-0.15, -0.1) is 0 Å². The molecule has 0 aliphatic heterocycles. The third-order valence-electron chi connectivity index (χ3n) is 3.74. The molecule has 2 N–H and O–H groups in total. The first kappa shape index (κ1) is 15.8. The van der Waals surface area contributed by atoms with Crippen LogP contribution in [0, 0.1) is 6.92 Å². The van der Waals surface area contributed by atoms with E-state index in [2.05, 4.69) is 10.4 Å². The van der Waals surface area contributed by atoms with Crippen LogP contribution in [0.2, 0.25) is 0 Å². The summed E-state index contributed by atoms with van der Waals surface area (Å²) in [6, 6.07) is 8.88. The molecule has 0 aliphatic carbocycles. The highest BCUT2D eigenvalue weighted by molar-refractivity contribution is 5.95. The van der Waals surface area contributed by atoms with Gasteiger partial charge in [-0.2, -0.15) is 5.10 Å². The third kappa shape index (κ3) is 3.00. The second-order valence-electron chi connectivity index (χ2n) is 5.49. The van der Waals surface area contributed by atoms with Crippen LogP contribution in [0.25, 0.3) is 0 Å². The lowest BCUT2D eigenvalue weighted by Gasteiger charge is -2.25. The van der Waals surface area contributed by atoms with Crippen molar-refractivity contribution in [2.24, 2.45) is 7.05 Å². The minimum Gasteiger partial charge on any atom is -0.481 e. The summed E-state index contributed by atoms with van der Waals surface area (Å²) in [7, 11) is 1.73. The van der Waals surface area contributed by atoms with Crippen molar-refractivity contribution in [1.29, 1.82) is 0 Å². The Labute approximate surface area is 128 Å². The minimum atomic E-state index is -1.19. The maximum Gasteiger partial charge on any atom is 0.315 e. The molecule has 2 rings (SSSR count). The van der Waals surface area contributed by atoms with Gasteiger partial charge in [-0.25, -0.2) is 0 Å². The number of carbonyl (C=O) groups is 2. The van der Waals surface area contributed by atoms with Crippen LogP contribution in [-0.2, 0) is 17.3 Å². The SMILES string of the molecule is Cc1nn(C)cc1C(=O)NCC(C)(C(=O)O)c1ccccc1. The number of aromatic nitrogens is 2. The maximum atomic E-state index is 12.2. The van der Waals surface area contributed by atoms with Gasteiger partial charge >= 0.3 is 5.97 Å². The summed E-state index contributed by atoms with van der Waals surface area (Å²) < 4.78 is 1.55. The summed E-state index contributed by atoms with van der Waals surface area (Å²) in [4.78, 5) is 23.9. The molecule has 6 heteroatoms. The number of carbonyl (C=O) groups excluding carboxylic acids is 1. The summed E-state index contributed by atoms with van der Waals surface area (Å²) in [6.07, 6.45) is 1.62. The molecular weight excluding hydrogens is 282 g/mol. The second-order valence-corrected chi connectivity index (χ2v) is 5.49. The van der Waals surface area contributed by atoms with Crippen LogP contribution in [0.1, 0.15) is 28.5 Å². The van der Waals surface area contributed by atoms with Gasteiger partial charge in [0.1, 0.15) is 5.41 Å². The zero-order chi connectivity index (χ0) is 16.3. The van der Waals surface area contributed by atoms with E-state index in [1.807, 2.05) is 6.07 Å². The molecule has 1 atom stereocenters. The number of aryl methyl sites for hydroxylation is 2. The monoisotopic (exact) mass is 301 g/mol. The first-order valence-electron chi connectivity index (χ1n) is 6.92. The van der Waals surface area contributed by atoms with Gasteiger partial charge in [0.15, 0.2) is 0 Å². The van der Waals surface area contributed by atoms with Crippen LogP contribution in [0.5, 0.6) is 0 Å². The average molecular weight is 301 g/mol. The van der Waals surface area contributed by atoms with E-state index < -0.39 is 11.4 Å². The number of nitrogens with one attached hydrogen (secondary N) is 1. The van der Waals surface area contributed by atoms with E-state index in [4.69, 9.17) is 0 Å². The van der Waals surface area contributed by atoms with Crippen molar-refractivity contribution in [3.8, 4) is 0 Å². The van der Waals surface area contributed by atoms with Crippen molar-refractivity contribution in [2.45, 2.75) is 19.3 Å². The summed E-state index contributed by atoms with van der Waals surface area (Å²) in [5, 5.41) is 16.4. The molecular formula is C16H19N3O3. The number of amides is 1. The van der Waals surface area contributed by atoms with E-state index in [9.17, 15) is 14.7 Å². The van der Waals surface area contributed by atoms with Gasteiger partial charge in [-0.1, -0.05) is 30.3 Å². The van der Waals surface area contributed by atoms with Crippen molar-refractivity contribution in [2.75, 3.05) is 6.54 Å². The molecule has 6 nitrogen and oxygen atoms in total. The van der Waals surface area contributed by atoms with E-state index in [0.29, 0.717) is 16.8 Å². The minimum absolute atomic E-state index is 0.000482. The van der Waals surface area contributed by atoms with Crippen LogP contribution in [0.15, 0.2) is 36.5 Å². The Kier molecular flexibility index (Phi) is 4.30. The fourth-order valence-electron chi connectivity index (χ4n) is 2.28. The van der Waals surface area contributed by atoms with E-state index in [0.717, 1.165) is 0 Å². The Balaban J connectivity index is 2.18. The molecule has 0 bridgehead atoms. The predicted octanol–water partition coefficient (Wildman–Crippen LogP) is 1.50. The highest BCUT2D eigenvalue weighted by atomic mass is 16.4. The highest BCUT2D eigenvalue weighted by Gasteiger charge is 2.35. The van der Waals surface area contributed by atoms with Crippen LogP contribution in [0.4, 0.5) is 0 Å². The lowest BCUT2D eigenvalue weighted by Crippen LogP contribution is -2.44. The van der Waals surface area contributed by atoms with Gasteiger partial charge in [0.05, 0.1) is 11.3 Å². The molecule has 1 amide bonds. The Morgan fingerprint density at radius 1 is 1.32 bits per heavy atom. The first-order chi connectivity index (χ1) is 10.3. The maximum absolute atomic E-state index is 12.2. The van der Waals surface area contributed by atoms with Crippen molar-refractivity contribution >= 4 is 11.9 Å². The number of benzene rings is 1. The molecule has 1 unspecified atom stereocenters. The molecule has 0 radical (unpaired) electrons. The van der Waals surface area contributed by atoms with E-state index in [1.165, 1.54) is 0 Å². The fourth-order valence-corrected chi connectivity index (χ4v) is 2.28. The molecule has 1 aromatic heterocycles. The molecule has 0 saturated heterocycles. The first-order valence-corrected chi connectivity index (χ1v) is 6.92. The average Bonchev–Trinajstić information content (AvgIpc) is 2.84. The molecule has 1 aromatic carbocycles. The van der Waals surface area contributed by atoms with Crippen molar-refractivity contribution < 1.29 is 14.7 Å². The van der Waals surface area contributed by atoms with Gasteiger partial charge < -0.3 is 10.4 Å². The van der Waals surface area contributed by atoms with Crippen molar-refractivity contribution in [3.05, 3.63) is 53.3 Å². The van der Waals surface area contributed by atoms with Crippen molar-refractivity contribution in [1.82, 2.24) is 15.1 Å². The van der Waals surface area contributed by atoms with Gasteiger partial charge in [-0.3, -0.25) is 14.3 Å². The molecule has 1 heterocycles. The number of nitrogens with zero attached hydrogens (tertiary/aromatic N) is 2. The van der Waals surface area contributed by atoms with Crippen LogP contribution >= 0.6 is 0 Å².